The molecular weight excluding hydrogens is 198 g/mol. The minimum Gasteiger partial charge on any atom is -0.395 e. The second kappa shape index (κ2) is 9.00. The van der Waals surface area contributed by atoms with Crippen LogP contribution in [-0.2, 0) is 0 Å². The molecule has 0 bridgehead atoms. The lowest BCUT2D eigenvalue weighted by atomic mass is 9.74. The zero-order valence-electron chi connectivity index (χ0n) is 11.5. The van der Waals surface area contributed by atoms with Crippen LogP contribution in [0.25, 0.3) is 0 Å². The summed E-state index contributed by atoms with van der Waals surface area (Å²) in [4.78, 5) is 0. The van der Waals surface area contributed by atoms with Crippen LogP contribution >= 0.6 is 0 Å². The van der Waals surface area contributed by atoms with Crippen LogP contribution in [0.2, 0.25) is 0 Å². The highest BCUT2D eigenvalue weighted by molar-refractivity contribution is 4.84. The number of nitrogens with two attached hydrogens (primary N) is 1. The summed E-state index contributed by atoms with van der Waals surface area (Å²) in [6.45, 7) is 6.81. The highest BCUT2D eigenvalue weighted by atomic mass is 16.3. The van der Waals surface area contributed by atoms with E-state index in [0.717, 1.165) is 12.8 Å². The van der Waals surface area contributed by atoms with Gasteiger partial charge in [0.15, 0.2) is 0 Å². The zero-order chi connectivity index (χ0) is 12.4. The Labute approximate surface area is 102 Å². The lowest BCUT2D eigenvalue weighted by Gasteiger charge is -2.35. The van der Waals surface area contributed by atoms with E-state index in [-0.39, 0.29) is 18.1 Å². The molecule has 98 valence electrons. The topological polar surface area (TPSA) is 46.2 Å². The fourth-order valence-electron chi connectivity index (χ4n) is 2.25. The van der Waals surface area contributed by atoms with Crippen molar-refractivity contribution in [2.45, 2.75) is 78.2 Å². The molecule has 2 heteroatoms. The molecule has 0 aromatic heterocycles. The first-order chi connectivity index (χ1) is 7.60. The van der Waals surface area contributed by atoms with Crippen molar-refractivity contribution < 1.29 is 5.11 Å². The highest BCUT2D eigenvalue weighted by Gasteiger charge is 2.29. The van der Waals surface area contributed by atoms with Gasteiger partial charge < -0.3 is 10.8 Å². The minimum atomic E-state index is -0.0549. The molecule has 1 unspecified atom stereocenters. The molecule has 0 amide bonds. The van der Waals surface area contributed by atoms with Crippen molar-refractivity contribution in [3.05, 3.63) is 0 Å². The van der Waals surface area contributed by atoms with E-state index in [9.17, 15) is 5.11 Å². The summed E-state index contributed by atoms with van der Waals surface area (Å²) in [7, 11) is 0. The van der Waals surface area contributed by atoms with Crippen molar-refractivity contribution >= 4 is 0 Å². The van der Waals surface area contributed by atoms with Crippen molar-refractivity contribution in [2.75, 3.05) is 6.61 Å². The first-order valence-corrected chi connectivity index (χ1v) is 6.97. The van der Waals surface area contributed by atoms with Gasteiger partial charge in [0.1, 0.15) is 0 Å². The maximum atomic E-state index is 9.25. The number of aliphatic hydroxyl groups is 1. The van der Waals surface area contributed by atoms with Crippen LogP contribution < -0.4 is 5.73 Å². The Bertz CT molecular complexity index is 161. The van der Waals surface area contributed by atoms with Gasteiger partial charge in [-0.3, -0.25) is 0 Å². The van der Waals surface area contributed by atoms with E-state index in [4.69, 9.17) is 5.73 Å². The van der Waals surface area contributed by atoms with Crippen molar-refractivity contribution in [1.82, 2.24) is 0 Å². The summed E-state index contributed by atoms with van der Waals surface area (Å²) in [5, 5.41) is 9.25. The average molecular weight is 229 g/mol. The average Bonchev–Trinajstić information content (AvgIpc) is 2.31. The van der Waals surface area contributed by atoms with Crippen LogP contribution in [0, 0.1) is 5.41 Å². The van der Waals surface area contributed by atoms with Gasteiger partial charge in [-0.2, -0.15) is 0 Å². The summed E-state index contributed by atoms with van der Waals surface area (Å²) < 4.78 is 0. The Morgan fingerprint density at radius 2 is 1.56 bits per heavy atom. The van der Waals surface area contributed by atoms with Crippen LogP contribution in [0.4, 0.5) is 0 Å². The Morgan fingerprint density at radius 3 is 2.06 bits per heavy atom. The van der Waals surface area contributed by atoms with Gasteiger partial charge >= 0.3 is 0 Å². The predicted octanol–water partition coefficient (Wildman–Crippen LogP) is 3.47. The van der Waals surface area contributed by atoms with E-state index in [1.807, 2.05) is 0 Å². The summed E-state index contributed by atoms with van der Waals surface area (Å²) in [5.41, 5.74) is 6.19. The molecule has 0 radical (unpaired) electrons. The van der Waals surface area contributed by atoms with Gasteiger partial charge in [-0.25, -0.2) is 0 Å². The molecule has 3 N–H and O–H groups in total. The molecule has 0 saturated heterocycles. The van der Waals surface area contributed by atoms with E-state index in [2.05, 4.69) is 20.8 Å². The molecule has 0 saturated carbocycles. The third-order valence-corrected chi connectivity index (χ3v) is 3.79. The third-order valence-electron chi connectivity index (χ3n) is 3.79. The first-order valence-electron chi connectivity index (χ1n) is 6.97. The smallest absolute Gasteiger partial charge is 0.0587 e. The summed E-state index contributed by atoms with van der Waals surface area (Å²) in [6.07, 6.45) is 9.89. The summed E-state index contributed by atoms with van der Waals surface area (Å²) in [5.74, 6) is 0. The fourth-order valence-corrected chi connectivity index (χ4v) is 2.25. The molecule has 2 atom stereocenters. The Hall–Kier alpha value is -0.0800. The molecule has 0 spiro atoms. The van der Waals surface area contributed by atoms with Gasteiger partial charge in [-0.05, 0) is 18.3 Å². The van der Waals surface area contributed by atoms with Gasteiger partial charge in [0.25, 0.3) is 0 Å². The molecule has 0 aromatic rings. The Morgan fingerprint density at radius 1 is 1.00 bits per heavy atom. The number of hydrogen-bond acceptors (Lipinski definition) is 2. The number of rotatable bonds is 10. The number of aliphatic hydroxyl groups excluding tert-OH is 1. The van der Waals surface area contributed by atoms with Gasteiger partial charge in [0.05, 0.1) is 6.61 Å². The fraction of sp³-hybridized carbons (Fsp3) is 1.00. The van der Waals surface area contributed by atoms with E-state index in [1.54, 1.807) is 0 Å². The third kappa shape index (κ3) is 5.86. The van der Waals surface area contributed by atoms with Gasteiger partial charge in [0, 0.05) is 6.04 Å². The molecule has 0 aliphatic heterocycles. The van der Waals surface area contributed by atoms with Gasteiger partial charge in [-0.15, -0.1) is 0 Å². The largest absolute Gasteiger partial charge is 0.395 e. The SMILES string of the molecule is CCCCCCC(C)(CCCC)[C@@H](N)CO. The van der Waals surface area contributed by atoms with E-state index >= 15 is 0 Å². The molecule has 2 nitrogen and oxygen atoms in total. The van der Waals surface area contributed by atoms with E-state index < -0.39 is 0 Å². The van der Waals surface area contributed by atoms with Gasteiger partial charge in [-0.1, -0.05) is 59.3 Å². The standard InChI is InChI=1S/C14H31NO/c1-4-6-8-9-11-14(3,10-7-5-2)13(15)12-16/h13,16H,4-12,15H2,1-3H3/t13-,14?/m0/s1. The molecule has 16 heavy (non-hydrogen) atoms. The van der Waals surface area contributed by atoms with Crippen LogP contribution in [0.15, 0.2) is 0 Å². The normalized spacial score (nSPS) is 17.1. The summed E-state index contributed by atoms with van der Waals surface area (Å²) >= 11 is 0. The van der Waals surface area contributed by atoms with Crippen LogP contribution in [0.1, 0.15) is 72.1 Å². The maximum absolute atomic E-state index is 9.25. The van der Waals surface area contributed by atoms with Gasteiger partial charge in [0.2, 0.25) is 0 Å². The van der Waals surface area contributed by atoms with Crippen molar-refractivity contribution in [3.63, 3.8) is 0 Å². The minimum absolute atomic E-state index is 0.0549. The number of unbranched alkanes of at least 4 members (excludes halogenated alkanes) is 4. The molecule has 0 aromatic carbocycles. The molecule has 0 heterocycles. The predicted molar refractivity (Wildman–Crippen MR) is 71.5 cm³/mol. The second-order valence-electron chi connectivity index (χ2n) is 5.36. The lowest BCUT2D eigenvalue weighted by molar-refractivity contribution is 0.134. The monoisotopic (exact) mass is 229 g/mol. The second-order valence-corrected chi connectivity index (χ2v) is 5.36. The molecule has 0 rings (SSSR count). The highest BCUT2D eigenvalue weighted by Crippen LogP contribution is 2.33. The zero-order valence-corrected chi connectivity index (χ0v) is 11.5. The quantitative estimate of drug-likeness (QED) is 0.563. The van der Waals surface area contributed by atoms with E-state index in [0.29, 0.717) is 0 Å². The van der Waals surface area contributed by atoms with E-state index in [1.165, 1.54) is 38.5 Å². The van der Waals surface area contributed by atoms with Crippen molar-refractivity contribution in [3.8, 4) is 0 Å². The first kappa shape index (κ1) is 15.9. The Kier molecular flexibility index (Phi) is 8.96. The van der Waals surface area contributed by atoms with Crippen molar-refractivity contribution in [2.24, 2.45) is 11.1 Å². The molecule has 0 aliphatic carbocycles. The van der Waals surface area contributed by atoms with Crippen molar-refractivity contribution in [1.29, 1.82) is 0 Å². The van der Waals surface area contributed by atoms with Crippen LogP contribution in [-0.4, -0.2) is 17.8 Å². The lowest BCUT2D eigenvalue weighted by Crippen LogP contribution is -2.42. The number of hydrogen-bond donors (Lipinski definition) is 2. The molecule has 0 fully saturated rings. The summed E-state index contributed by atoms with van der Waals surface area (Å²) in [6, 6.07) is -0.0549. The Balaban J connectivity index is 4.07. The maximum Gasteiger partial charge on any atom is 0.0587 e. The van der Waals surface area contributed by atoms with Crippen LogP contribution in [0.3, 0.4) is 0 Å². The van der Waals surface area contributed by atoms with Crippen LogP contribution in [0.5, 0.6) is 0 Å². The molecular formula is C14H31NO. The molecule has 0 aliphatic rings.